The second-order valence-electron chi connectivity index (χ2n) is 9.17. The molecule has 1 aromatic carbocycles. The molecule has 170 valence electrons. The van der Waals surface area contributed by atoms with E-state index in [0.29, 0.717) is 42.9 Å². The molecule has 6 nitrogen and oxygen atoms in total. The number of hydrogen-bond donors (Lipinski definition) is 1. The largest absolute Gasteiger partial charge is 0.344 e. The first-order chi connectivity index (χ1) is 14.8. The van der Waals surface area contributed by atoms with Gasteiger partial charge in [0.05, 0.1) is 0 Å². The first-order valence-electron chi connectivity index (χ1n) is 11.5. The van der Waals surface area contributed by atoms with Gasteiger partial charge in [0.25, 0.3) is 5.91 Å². The van der Waals surface area contributed by atoms with Crippen molar-refractivity contribution in [2.75, 3.05) is 26.2 Å². The van der Waals surface area contributed by atoms with Crippen LogP contribution in [0.4, 0.5) is 0 Å². The normalized spacial score (nSPS) is 18.7. The van der Waals surface area contributed by atoms with Crippen molar-refractivity contribution in [1.29, 1.82) is 0 Å². The Balaban J connectivity index is 1.65. The maximum Gasteiger partial charge on any atom is 0.253 e. The van der Waals surface area contributed by atoms with Crippen molar-refractivity contribution in [1.82, 2.24) is 15.1 Å². The van der Waals surface area contributed by atoms with E-state index in [2.05, 4.69) is 5.32 Å². The smallest absolute Gasteiger partial charge is 0.253 e. The van der Waals surface area contributed by atoms with Gasteiger partial charge >= 0.3 is 0 Å². The molecule has 0 spiro atoms. The summed E-state index contributed by atoms with van der Waals surface area (Å²) in [6.45, 7) is 6.70. The van der Waals surface area contributed by atoms with Gasteiger partial charge in [-0.3, -0.25) is 14.4 Å². The van der Waals surface area contributed by atoms with Gasteiger partial charge in [0, 0.05) is 43.2 Å². The van der Waals surface area contributed by atoms with Gasteiger partial charge in [-0.05, 0) is 68.2 Å². The topological polar surface area (TPSA) is 69.7 Å². The number of likely N-dealkylation sites (tertiary alicyclic amines) is 2. The zero-order valence-electron chi connectivity index (χ0n) is 18.6. The molecule has 0 bridgehead atoms. The molecule has 0 radical (unpaired) electrons. The quantitative estimate of drug-likeness (QED) is 0.722. The van der Waals surface area contributed by atoms with Crippen LogP contribution in [0.3, 0.4) is 0 Å². The lowest BCUT2D eigenvalue weighted by atomic mass is 9.87. The van der Waals surface area contributed by atoms with E-state index in [1.807, 2.05) is 23.6 Å². The fourth-order valence-corrected chi connectivity index (χ4v) is 4.63. The van der Waals surface area contributed by atoms with Crippen molar-refractivity contribution >= 4 is 29.3 Å². The Morgan fingerprint density at radius 1 is 0.968 bits per heavy atom. The number of nitrogens with one attached hydrogen (secondary N) is 1. The molecule has 3 rings (SSSR count). The van der Waals surface area contributed by atoms with Crippen LogP contribution in [0.2, 0.25) is 5.02 Å². The van der Waals surface area contributed by atoms with Crippen LogP contribution < -0.4 is 5.32 Å². The van der Waals surface area contributed by atoms with Crippen molar-refractivity contribution in [3.63, 3.8) is 0 Å². The van der Waals surface area contributed by atoms with Crippen LogP contribution in [-0.2, 0) is 9.59 Å². The number of halogens is 1. The zero-order valence-corrected chi connectivity index (χ0v) is 19.4. The maximum atomic E-state index is 13.3. The highest BCUT2D eigenvalue weighted by Crippen LogP contribution is 2.25. The number of hydrogen-bond acceptors (Lipinski definition) is 3. The summed E-state index contributed by atoms with van der Waals surface area (Å²) >= 11 is 5.93. The van der Waals surface area contributed by atoms with Crippen LogP contribution in [-0.4, -0.2) is 59.7 Å². The second-order valence-corrected chi connectivity index (χ2v) is 9.60. The van der Waals surface area contributed by atoms with E-state index in [0.717, 1.165) is 32.4 Å². The minimum Gasteiger partial charge on any atom is -0.344 e. The molecule has 1 atom stereocenters. The Kier molecular flexibility index (Phi) is 8.35. The standard InChI is InChI=1S/C24H34ClN3O3/c1-17(2)16-21(29)26-22(24(31)27-12-4-3-5-13-27)18-10-14-28(15-11-18)23(30)19-6-8-20(25)9-7-19/h6-9,17-18,22H,3-5,10-16H2,1-2H3,(H,26,29)/t22-/m0/s1. The van der Waals surface area contributed by atoms with Crippen molar-refractivity contribution in [3.05, 3.63) is 34.9 Å². The van der Waals surface area contributed by atoms with E-state index in [-0.39, 0.29) is 29.6 Å². The van der Waals surface area contributed by atoms with Crippen molar-refractivity contribution in [2.45, 2.75) is 58.4 Å². The molecule has 2 saturated heterocycles. The molecular formula is C24H34ClN3O3. The van der Waals surface area contributed by atoms with E-state index in [9.17, 15) is 14.4 Å². The predicted molar refractivity (Wildman–Crippen MR) is 122 cm³/mol. The van der Waals surface area contributed by atoms with E-state index in [1.165, 1.54) is 0 Å². The molecule has 1 aromatic rings. The lowest BCUT2D eigenvalue weighted by Gasteiger charge is -2.38. The number of carbonyl (C=O) groups excluding carboxylic acids is 3. The van der Waals surface area contributed by atoms with Gasteiger partial charge < -0.3 is 15.1 Å². The first-order valence-corrected chi connectivity index (χ1v) is 11.9. The van der Waals surface area contributed by atoms with Gasteiger partial charge in [-0.15, -0.1) is 0 Å². The van der Waals surface area contributed by atoms with Gasteiger partial charge in [0.2, 0.25) is 11.8 Å². The number of benzene rings is 1. The zero-order chi connectivity index (χ0) is 22.4. The predicted octanol–water partition coefficient (Wildman–Crippen LogP) is 3.74. The minimum atomic E-state index is -0.503. The highest BCUT2D eigenvalue weighted by atomic mass is 35.5. The second kappa shape index (κ2) is 11.0. The van der Waals surface area contributed by atoms with E-state index in [4.69, 9.17) is 11.6 Å². The number of amides is 3. The van der Waals surface area contributed by atoms with E-state index in [1.54, 1.807) is 24.3 Å². The summed E-state index contributed by atoms with van der Waals surface area (Å²) < 4.78 is 0. The molecular weight excluding hydrogens is 414 g/mol. The first kappa shape index (κ1) is 23.6. The summed E-state index contributed by atoms with van der Waals surface area (Å²) in [5.74, 6) is 0.242. The Morgan fingerprint density at radius 2 is 1.58 bits per heavy atom. The summed E-state index contributed by atoms with van der Waals surface area (Å²) in [5.41, 5.74) is 0.619. The highest BCUT2D eigenvalue weighted by Gasteiger charge is 2.36. The van der Waals surface area contributed by atoms with Crippen molar-refractivity contribution < 1.29 is 14.4 Å². The van der Waals surface area contributed by atoms with Crippen LogP contribution in [0, 0.1) is 11.8 Å². The van der Waals surface area contributed by atoms with Gasteiger partial charge in [0.15, 0.2) is 0 Å². The molecule has 0 saturated carbocycles. The summed E-state index contributed by atoms with van der Waals surface area (Å²) in [7, 11) is 0. The third-order valence-electron chi connectivity index (χ3n) is 6.23. The molecule has 2 fully saturated rings. The molecule has 2 heterocycles. The Hall–Kier alpha value is -2.08. The monoisotopic (exact) mass is 447 g/mol. The summed E-state index contributed by atoms with van der Waals surface area (Å²) in [6.07, 6.45) is 5.01. The average molecular weight is 448 g/mol. The summed E-state index contributed by atoms with van der Waals surface area (Å²) in [6, 6.07) is 6.42. The highest BCUT2D eigenvalue weighted by molar-refractivity contribution is 6.30. The lowest BCUT2D eigenvalue weighted by molar-refractivity contribution is -0.139. The van der Waals surface area contributed by atoms with Gasteiger partial charge in [-0.1, -0.05) is 25.4 Å². The number of piperidine rings is 2. The molecule has 1 N–H and O–H groups in total. The lowest BCUT2D eigenvalue weighted by Crippen LogP contribution is -2.55. The Labute approximate surface area is 190 Å². The molecule has 2 aliphatic rings. The average Bonchev–Trinajstić information content (AvgIpc) is 2.77. The van der Waals surface area contributed by atoms with Gasteiger partial charge in [0.1, 0.15) is 6.04 Å². The SMILES string of the molecule is CC(C)CC(=O)N[C@H](C(=O)N1CCCCC1)C1CCN(C(=O)c2ccc(Cl)cc2)CC1. The van der Waals surface area contributed by atoms with Gasteiger partial charge in [-0.2, -0.15) is 0 Å². The molecule has 7 heteroatoms. The van der Waals surface area contributed by atoms with Gasteiger partial charge in [-0.25, -0.2) is 0 Å². The third-order valence-corrected chi connectivity index (χ3v) is 6.49. The number of carbonyl (C=O) groups is 3. The fourth-order valence-electron chi connectivity index (χ4n) is 4.51. The van der Waals surface area contributed by atoms with Crippen molar-refractivity contribution in [3.8, 4) is 0 Å². The summed E-state index contributed by atoms with van der Waals surface area (Å²) in [4.78, 5) is 42.4. The maximum absolute atomic E-state index is 13.3. The Bertz CT molecular complexity index is 767. The molecule has 31 heavy (non-hydrogen) atoms. The minimum absolute atomic E-state index is 0.0159. The molecule has 2 aliphatic heterocycles. The van der Waals surface area contributed by atoms with Crippen LogP contribution >= 0.6 is 11.6 Å². The van der Waals surface area contributed by atoms with Crippen LogP contribution in [0.25, 0.3) is 0 Å². The van der Waals surface area contributed by atoms with E-state index >= 15 is 0 Å². The molecule has 0 unspecified atom stereocenters. The molecule has 0 aromatic heterocycles. The number of nitrogens with zero attached hydrogens (tertiary/aromatic N) is 2. The fraction of sp³-hybridized carbons (Fsp3) is 0.625. The third kappa shape index (κ3) is 6.45. The molecule has 3 amide bonds. The van der Waals surface area contributed by atoms with Crippen LogP contribution in [0.15, 0.2) is 24.3 Å². The van der Waals surface area contributed by atoms with Crippen LogP contribution in [0.1, 0.15) is 62.7 Å². The van der Waals surface area contributed by atoms with Crippen LogP contribution in [0.5, 0.6) is 0 Å². The summed E-state index contributed by atoms with van der Waals surface area (Å²) in [5, 5.41) is 3.65. The van der Waals surface area contributed by atoms with E-state index < -0.39 is 6.04 Å². The Morgan fingerprint density at radius 3 is 2.16 bits per heavy atom. The molecule has 0 aliphatic carbocycles. The van der Waals surface area contributed by atoms with Crippen molar-refractivity contribution in [2.24, 2.45) is 11.8 Å². The number of rotatable bonds is 6.